The third kappa shape index (κ3) is 59.4. The van der Waals surface area contributed by atoms with Crippen molar-refractivity contribution in [1.29, 1.82) is 0 Å². The summed E-state index contributed by atoms with van der Waals surface area (Å²) in [6.07, 6.45) is 77.6. The largest absolute Gasteiger partial charge is 0.466 e. The van der Waals surface area contributed by atoms with Gasteiger partial charge in [0.05, 0.1) is 25.4 Å². The van der Waals surface area contributed by atoms with E-state index in [0.29, 0.717) is 25.9 Å². The van der Waals surface area contributed by atoms with E-state index < -0.39 is 12.1 Å². The third-order valence-corrected chi connectivity index (χ3v) is 15.5. The summed E-state index contributed by atoms with van der Waals surface area (Å²) < 4.78 is 5.49. The Balaban J connectivity index is 3.42. The van der Waals surface area contributed by atoms with Gasteiger partial charge in [0.15, 0.2) is 0 Å². The highest BCUT2D eigenvalue weighted by molar-refractivity contribution is 5.76. The molecule has 0 radical (unpaired) electrons. The average molecular weight is 1030 g/mol. The lowest BCUT2D eigenvalue weighted by Gasteiger charge is -2.22. The maximum absolute atomic E-state index is 12.5. The molecule has 0 fully saturated rings. The molecule has 0 saturated heterocycles. The molecule has 0 aromatic heterocycles. The van der Waals surface area contributed by atoms with Gasteiger partial charge < -0.3 is 20.3 Å². The van der Waals surface area contributed by atoms with Gasteiger partial charge in [-0.15, -0.1) is 0 Å². The molecule has 0 aliphatic rings. The Kier molecular flexibility index (Phi) is 61.4. The first kappa shape index (κ1) is 71.3. The van der Waals surface area contributed by atoms with E-state index in [4.69, 9.17) is 4.74 Å². The molecule has 3 N–H and O–H groups in total. The van der Waals surface area contributed by atoms with E-state index >= 15 is 0 Å². The van der Waals surface area contributed by atoms with Gasteiger partial charge in [0.2, 0.25) is 5.91 Å². The summed E-state index contributed by atoms with van der Waals surface area (Å²) >= 11 is 0. The number of rotatable bonds is 62. The smallest absolute Gasteiger partial charge is 0.305 e. The summed E-state index contributed by atoms with van der Waals surface area (Å²) in [6, 6.07) is -0.548. The van der Waals surface area contributed by atoms with Gasteiger partial charge in [-0.25, -0.2) is 0 Å². The van der Waals surface area contributed by atoms with E-state index in [2.05, 4.69) is 43.5 Å². The Morgan fingerprint density at radius 2 is 0.685 bits per heavy atom. The highest BCUT2D eigenvalue weighted by Crippen LogP contribution is 2.18. The van der Waals surface area contributed by atoms with Crippen molar-refractivity contribution in [2.24, 2.45) is 0 Å². The molecule has 0 bridgehead atoms. The molecular weight excluding hydrogens is 899 g/mol. The quantitative estimate of drug-likeness (QED) is 0.0320. The molecule has 0 heterocycles. The molecule has 73 heavy (non-hydrogen) atoms. The number of aliphatic hydroxyl groups excluding tert-OH is 2. The molecule has 432 valence electrons. The molecule has 2 atom stereocenters. The van der Waals surface area contributed by atoms with E-state index in [1.807, 2.05) is 0 Å². The normalized spacial score (nSPS) is 12.7. The summed E-state index contributed by atoms with van der Waals surface area (Å²) in [5.41, 5.74) is 0. The van der Waals surface area contributed by atoms with Crippen LogP contribution < -0.4 is 5.32 Å². The summed E-state index contributed by atoms with van der Waals surface area (Å²) in [5, 5.41) is 23.4. The van der Waals surface area contributed by atoms with Crippen LogP contribution in [0.3, 0.4) is 0 Å². The van der Waals surface area contributed by atoms with Crippen LogP contribution in [0.15, 0.2) is 24.3 Å². The van der Waals surface area contributed by atoms with Crippen LogP contribution in [-0.2, 0) is 14.3 Å². The van der Waals surface area contributed by atoms with Crippen molar-refractivity contribution in [2.75, 3.05) is 13.2 Å². The number of allylic oxidation sites excluding steroid dienone is 4. The third-order valence-electron chi connectivity index (χ3n) is 15.5. The first-order valence-corrected chi connectivity index (χ1v) is 33.1. The average Bonchev–Trinajstić information content (AvgIpc) is 3.39. The van der Waals surface area contributed by atoms with Gasteiger partial charge in [0.25, 0.3) is 0 Å². The summed E-state index contributed by atoms with van der Waals surface area (Å²) in [6.45, 7) is 4.94. The minimum atomic E-state index is -0.671. The van der Waals surface area contributed by atoms with E-state index in [1.54, 1.807) is 0 Å². The first-order chi connectivity index (χ1) is 36.0. The van der Waals surface area contributed by atoms with Gasteiger partial charge >= 0.3 is 5.97 Å². The molecule has 2 unspecified atom stereocenters. The minimum Gasteiger partial charge on any atom is -0.466 e. The molecule has 1 amide bonds. The molecule has 0 aliphatic carbocycles. The van der Waals surface area contributed by atoms with Crippen LogP contribution in [0.2, 0.25) is 0 Å². The van der Waals surface area contributed by atoms with Gasteiger partial charge in [-0.05, 0) is 57.8 Å². The van der Waals surface area contributed by atoms with Gasteiger partial charge in [0, 0.05) is 12.8 Å². The van der Waals surface area contributed by atoms with Crippen LogP contribution in [-0.4, -0.2) is 47.4 Å². The molecule has 6 heteroatoms. The maximum Gasteiger partial charge on any atom is 0.305 e. The standard InChI is InChI=1S/C67H129NO5/c1-3-5-7-9-11-13-15-17-19-21-22-23-24-25-26-28-31-35-39-43-47-51-55-59-65(70)64(63-69)68-66(71)60-56-52-48-44-40-36-32-29-30-34-38-42-46-50-54-58-62-73-67(72)61-57-53-49-45-41-37-33-27-20-18-16-14-12-10-8-6-4-2/h12,14,18,20,64-65,69-70H,3-11,13,15-17,19,21-63H2,1-2H3,(H,68,71)/b14-12-,20-18-. The van der Waals surface area contributed by atoms with Gasteiger partial charge in [-0.2, -0.15) is 0 Å². The van der Waals surface area contributed by atoms with E-state index in [1.165, 1.54) is 283 Å². The molecule has 0 spiro atoms. The zero-order chi connectivity index (χ0) is 52.9. The Labute approximate surface area is 456 Å². The molecule has 6 nitrogen and oxygen atoms in total. The number of unbranched alkanes of at least 4 members (excludes halogenated alkanes) is 47. The number of nitrogens with one attached hydrogen (secondary N) is 1. The number of esters is 1. The number of carbonyl (C=O) groups is 2. The van der Waals surface area contributed by atoms with Crippen molar-refractivity contribution in [1.82, 2.24) is 5.32 Å². The first-order valence-electron chi connectivity index (χ1n) is 33.1. The van der Waals surface area contributed by atoms with Crippen LogP contribution in [0.4, 0.5) is 0 Å². The van der Waals surface area contributed by atoms with Crippen molar-refractivity contribution in [3.8, 4) is 0 Å². The SMILES string of the molecule is CCCCC/C=C\C/C=C\CCCCCCCCCC(=O)OCCCCCCCCCCCCCCCCCCC(=O)NC(CO)C(O)CCCCCCCCCCCCCCCCCCCCCCCCC. The van der Waals surface area contributed by atoms with Crippen molar-refractivity contribution >= 4 is 11.9 Å². The van der Waals surface area contributed by atoms with Gasteiger partial charge in [-0.3, -0.25) is 9.59 Å². The molecule has 0 aliphatic heterocycles. The van der Waals surface area contributed by atoms with Gasteiger partial charge in [-0.1, -0.05) is 321 Å². The fourth-order valence-electron chi connectivity index (χ4n) is 10.4. The second-order valence-electron chi connectivity index (χ2n) is 22.8. The van der Waals surface area contributed by atoms with Crippen LogP contribution in [0, 0.1) is 0 Å². The predicted molar refractivity (Wildman–Crippen MR) is 320 cm³/mol. The fraction of sp³-hybridized carbons (Fsp3) is 0.910. The van der Waals surface area contributed by atoms with Crippen molar-refractivity contribution in [3.05, 3.63) is 24.3 Å². The van der Waals surface area contributed by atoms with Crippen LogP contribution in [0.25, 0.3) is 0 Å². The maximum atomic E-state index is 12.5. The molecule has 0 aromatic rings. The van der Waals surface area contributed by atoms with Crippen LogP contribution in [0.5, 0.6) is 0 Å². The minimum absolute atomic E-state index is 0.00346. The molecule has 0 aromatic carbocycles. The Morgan fingerprint density at radius 3 is 1.07 bits per heavy atom. The van der Waals surface area contributed by atoms with Crippen LogP contribution >= 0.6 is 0 Å². The Morgan fingerprint density at radius 1 is 0.384 bits per heavy atom. The lowest BCUT2D eigenvalue weighted by molar-refractivity contribution is -0.143. The number of aliphatic hydroxyl groups is 2. The summed E-state index contributed by atoms with van der Waals surface area (Å²) in [7, 11) is 0. The Bertz CT molecular complexity index is 1140. The summed E-state index contributed by atoms with van der Waals surface area (Å²) in [4.78, 5) is 24.6. The van der Waals surface area contributed by atoms with E-state index in [9.17, 15) is 19.8 Å². The van der Waals surface area contributed by atoms with E-state index in [-0.39, 0.29) is 18.5 Å². The van der Waals surface area contributed by atoms with Crippen molar-refractivity contribution < 1.29 is 24.5 Å². The molecule has 0 rings (SSSR count). The number of carbonyl (C=O) groups excluding carboxylic acids is 2. The second kappa shape index (κ2) is 62.9. The van der Waals surface area contributed by atoms with E-state index in [0.717, 1.165) is 51.4 Å². The lowest BCUT2D eigenvalue weighted by Crippen LogP contribution is -2.45. The predicted octanol–water partition coefficient (Wildman–Crippen LogP) is 21.0. The number of hydrogen-bond donors (Lipinski definition) is 3. The van der Waals surface area contributed by atoms with Crippen molar-refractivity contribution in [2.45, 2.75) is 379 Å². The zero-order valence-electron chi connectivity index (χ0n) is 49.4. The number of hydrogen-bond acceptors (Lipinski definition) is 5. The molecule has 0 saturated carbocycles. The van der Waals surface area contributed by atoms with Crippen LogP contribution in [0.1, 0.15) is 367 Å². The Hall–Kier alpha value is -1.66. The highest BCUT2D eigenvalue weighted by atomic mass is 16.5. The van der Waals surface area contributed by atoms with Crippen molar-refractivity contribution in [3.63, 3.8) is 0 Å². The molecular formula is C67H129NO5. The second-order valence-corrected chi connectivity index (χ2v) is 22.8. The topological polar surface area (TPSA) is 95.9 Å². The highest BCUT2D eigenvalue weighted by Gasteiger charge is 2.20. The monoisotopic (exact) mass is 1030 g/mol. The van der Waals surface area contributed by atoms with Gasteiger partial charge in [0.1, 0.15) is 0 Å². The number of amides is 1. The lowest BCUT2D eigenvalue weighted by atomic mass is 10.0. The number of ether oxygens (including phenoxy) is 1. The summed E-state index contributed by atoms with van der Waals surface area (Å²) in [5.74, 6) is -0.0414. The fourth-order valence-corrected chi connectivity index (χ4v) is 10.4. The zero-order valence-corrected chi connectivity index (χ0v) is 49.4.